The lowest BCUT2D eigenvalue weighted by Crippen LogP contribution is -2.29. The maximum Gasteiger partial charge on any atom is 0.230 e. The fourth-order valence-corrected chi connectivity index (χ4v) is 3.11. The quantitative estimate of drug-likeness (QED) is 0.785. The number of nitrogens with one attached hydrogen (secondary N) is 1. The Morgan fingerprint density at radius 3 is 2.45 bits per heavy atom. The normalized spacial score (nSPS) is 11.9. The molecule has 0 bridgehead atoms. The van der Waals surface area contributed by atoms with Gasteiger partial charge in [-0.1, -0.05) is 61.0 Å². The highest BCUT2D eigenvalue weighted by atomic mass is 35.5. The molecule has 0 aliphatic rings. The highest BCUT2D eigenvalue weighted by Crippen LogP contribution is 2.18. The lowest BCUT2D eigenvalue weighted by atomic mass is 10.0. The van der Waals surface area contributed by atoms with Crippen LogP contribution >= 0.6 is 23.4 Å². The Kier molecular flexibility index (Phi) is 6.81. The summed E-state index contributed by atoms with van der Waals surface area (Å²) in [6.45, 7) is 2.08. The molecule has 0 saturated heterocycles. The van der Waals surface area contributed by atoms with Crippen molar-refractivity contribution in [1.82, 2.24) is 5.32 Å². The second kappa shape index (κ2) is 8.86. The van der Waals surface area contributed by atoms with Crippen molar-refractivity contribution >= 4 is 29.3 Å². The molecule has 0 saturated carbocycles. The molecule has 0 aromatic heterocycles. The van der Waals surface area contributed by atoms with Gasteiger partial charge < -0.3 is 5.32 Å². The molecule has 0 spiro atoms. The second-order valence-electron chi connectivity index (χ2n) is 5.06. The third kappa shape index (κ3) is 5.39. The SMILES string of the molecule is CC[C@@H](NC(=O)CSCc1ccc(Cl)cc1)c1ccccc1. The van der Waals surface area contributed by atoms with E-state index in [0.29, 0.717) is 5.75 Å². The van der Waals surface area contributed by atoms with E-state index in [4.69, 9.17) is 11.6 Å². The highest BCUT2D eigenvalue weighted by Gasteiger charge is 2.12. The molecule has 0 aliphatic heterocycles. The first-order chi connectivity index (χ1) is 10.7. The van der Waals surface area contributed by atoms with Crippen molar-refractivity contribution in [3.8, 4) is 0 Å². The Hall–Kier alpha value is -1.45. The smallest absolute Gasteiger partial charge is 0.230 e. The molecule has 2 nitrogen and oxygen atoms in total. The number of hydrogen-bond acceptors (Lipinski definition) is 2. The van der Waals surface area contributed by atoms with Crippen LogP contribution in [0.25, 0.3) is 0 Å². The standard InChI is InChI=1S/C18H20ClNOS/c1-2-17(15-6-4-3-5-7-15)20-18(21)13-22-12-14-8-10-16(19)11-9-14/h3-11,17H,2,12-13H2,1H3,(H,20,21)/t17-/m1/s1. The van der Waals surface area contributed by atoms with E-state index >= 15 is 0 Å². The summed E-state index contributed by atoms with van der Waals surface area (Å²) < 4.78 is 0. The predicted molar refractivity (Wildman–Crippen MR) is 95.2 cm³/mol. The van der Waals surface area contributed by atoms with Crippen molar-refractivity contribution in [2.24, 2.45) is 0 Å². The van der Waals surface area contributed by atoms with Gasteiger partial charge in [-0.25, -0.2) is 0 Å². The number of hydrogen-bond donors (Lipinski definition) is 1. The second-order valence-corrected chi connectivity index (χ2v) is 6.48. The molecule has 116 valence electrons. The topological polar surface area (TPSA) is 29.1 Å². The van der Waals surface area contributed by atoms with Crippen molar-refractivity contribution in [1.29, 1.82) is 0 Å². The Labute approximate surface area is 141 Å². The lowest BCUT2D eigenvalue weighted by Gasteiger charge is -2.17. The highest BCUT2D eigenvalue weighted by molar-refractivity contribution is 7.99. The first kappa shape index (κ1) is 16.9. The zero-order chi connectivity index (χ0) is 15.8. The van der Waals surface area contributed by atoms with Gasteiger partial charge in [0.25, 0.3) is 0 Å². The lowest BCUT2D eigenvalue weighted by molar-refractivity contribution is -0.119. The van der Waals surface area contributed by atoms with Gasteiger partial charge >= 0.3 is 0 Å². The first-order valence-corrected chi connectivity index (χ1v) is 8.88. The third-order valence-corrected chi connectivity index (χ3v) is 4.62. The molecular formula is C18H20ClNOS. The van der Waals surface area contributed by atoms with Crippen molar-refractivity contribution < 1.29 is 4.79 Å². The Morgan fingerprint density at radius 2 is 1.82 bits per heavy atom. The summed E-state index contributed by atoms with van der Waals surface area (Å²) in [5, 5.41) is 3.83. The summed E-state index contributed by atoms with van der Waals surface area (Å²) in [5.41, 5.74) is 2.33. The summed E-state index contributed by atoms with van der Waals surface area (Å²) in [5.74, 6) is 1.35. The number of thioether (sulfide) groups is 1. The molecule has 1 amide bonds. The van der Waals surface area contributed by atoms with Crippen LogP contribution in [0.4, 0.5) is 0 Å². The van der Waals surface area contributed by atoms with Crippen LogP contribution in [0.15, 0.2) is 54.6 Å². The van der Waals surface area contributed by atoms with Crippen LogP contribution in [-0.2, 0) is 10.5 Å². The van der Waals surface area contributed by atoms with E-state index in [9.17, 15) is 4.79 Å². The summed E-state index contributed by atoms with van der Waals surface area (Å²) in [6, 6.07) is 17.9. The number of amides is 1. The Balaban J connectivity index is 1.78. The van der Waals surface area contributed by atoms with Crippen LogP contribution < -0.4 is 5.32 Å². The molecule has 2 rings (SSSR count). The molecule has 2 aromatic carbocycles. The largest absolute Gasteiger partial charge is 0.349 e. The fourth-order valence-electron chi connectivity index (χ4n) is 2.18. The molecule has 22 heavy (non-hydrogen) atoms. The Bertz CT molecular complexity index is 586. The van der Waals surface area contributed by atoms with Gasteiger partial charge in [0.05, 0.1) is 11.8 Å². The van der Waals surface area contributed by atoms with Gasteiger partial charge in [-0.05, 0) is 29.7 Å². The van der Waals surface area contributed by atoms with Gasteiger partial charge in [-0.3, -0.25) is 4.79 Å². The molecule has 0 unspecified atom stereocenters. The molecule has 2 aromatic rings. The van der Waals surface area contributed by atoms with Crippen molar-refractivity contribution in [3.05, 3.63) is 70.7 Å². The number of halogens is 1. The van der Waals surface area contributed by atoms with Crippen molar-refractivity contribution in [2.75, 3.05) is 5.75 Å². The van der Waals surface area contributed by atoms with E-state index < -0.39 is 0 Å². The van der Waals surface area contributed by atoms with Crippen LogP contribution in [0.5, 0.6) is 0 Å². The molecule has 0 aliphatic carbocycles. The van der Waals surface area contributed by atoms with Crippen LogP contribution in [-0.4, -0.2) is 11.7 Å². The number of carbonyl (C=O) groups is 1. The monoisotopic (exact) mass is 333 g/mol. The third-order valence-electron chi connectivity index (χ3n) is 3.36. The van der Waals surface area contributed by atoms with Crippen LogP contribution in [0.1, 0.15) is 30.5 Å². The minimum absolute atomic E-state index is 0.0784. The zero-order valence-corrected chi connectivity index (χ0v) is 14.2. The van der Waals surface area contributed by atoms with Gasteiger partial charge in [-0.2, -0.15) is 0 Å². The molecule has 0 heterocycles. The molecule has 1 N–H and O–H groups in total. The fraction of sp³-hybridized carbons (Fsp3) is 0.278. The predicted octanol–water partition coefficient (Wildman–Crippen LogP) is 4.84. The van der Waals surface area contributed by atoms with E-state index in [-0.39, 0.29) is 11.9 Å². The van der Waals surface area contributed by atoms with Gasteiger partial charge in [-0.15, -0.1) is 11.8 Å². The van der Waals surface area contributed by atoms with Crippen molar-refractivity contribution in [2.45, 2.75) is 25.1 Å². The van der Waals surface area contributed by atoms with Crippen LogP contribution in [0.2, 0.25) is 5.02 Å². The summed E-state index contributed by atoms with van der Waals surface area (Å²) in [4.78, 5) is 12.1. The van der Waals surface area contributed by atoms with E-state index in [1.165, 1.54) is 5.56 Å². The number of benzene rings is 2. The molecular weight excluding hydrogens is 314 g/mol. The number of carbonyl (C=O) groups excluding carboxylic acids is 1. The molecule has 0 fully saturated rings. The van der Waals surface area contributed by atoms with Crippen LogP contribution in [0.3, 0.4) is 0 Å². The van der Waals surface area contributed by atoms with Crippen molar-refractivity contribution in [3.63, 3.8) is 0 Å². The maximum absolute atomic E-state index is 12.1. The van der Waals surface area contributed by atoms with Gasteiger partial charge in [0, 0.05) is 10.8 Å². The maximum atomic E-state index is 12.1. The van der Waals surface area contributed by atoms with Gasteiger partial charge in [0.1, 0.15) is 0 Å². The van der Waals surface area contributed by atoms with Crippen LogP contribution in [0, 0.1) is 0 Å². The summed E-state index contributed by atoms with van der Waals surface area (Å²) >= 11 is 7.47. The average molecular weight is 334 g/mol. The van der Waals surface area contributed by atoms with Gasteiger partial charge in [0.15, 0.2) is 0 Å². The minimum Gasteiger partial charge on any atom is -0.349 e. The first-order valence-electron chi connectivity index (χ1n) is 7.35. The van der Waals surface area contributed by atoms with Gasteiger partial charge in [0.2, 0.25) is 5.91 Å². The van der Waals surface area contributed by atoms with E-state index in [2.05, 4.69) is 24.4 Å². The molecule has 0 radical (unpaired) electrons. The summed E-state index contributed by atoms with van der Waals surface area (Å²) in [6.07, 6.45) is 0.887. The summed E-state index contributed by atoms with van der Waals surface area (Å²) in [7, 11) is 0. The van der Waals surface area contributed by atoms with E-state index in [1.54, 1.807) is 11.8 Å². The Morgan fingerprint density at radius 1 is 1.14 bits per heavy atom. The number of rotatable bonds is 7. The minimum atomic E-state index is 0.0784. The zero-order valence-electron chi connectivity index (χ0n) is 12.6. The van der Waals surface area contributed by atoms with E-state index in [0.717, 1.165) is 22.8 Å². The molecule has 1 atom stereocenters. The average Bonchev–Trinajstić information content (AvgIpc) is 2.55. The molecule has 4 heteroatoms. The van der Waals surface area contributed by atoms with E-state index in [1.807, 2.05) is 42.5 Å².